The molecular formula is C6H13As. The van der Waals surface area contributed by atoms with Gasteiger partial charge in [-0.25, -0.2) is 0 Å². The van der Waals surface area contributed by atoms with Crippen molar-refractivity contribution in [2.24, 2.45) is 5.92 Å². The van der Waals surface area contributed by atoms with Crippen molar-refractivity contribution in [2.75, 3.05) is 0 Å². The summed E-state index contributed by atoms with van der Waals surface area (Å²) in [5, 5.41) is 1.29. The van der Waals surface area contributed by atoms with Crippen molar-refractivity contribution in [2.45, 2.75) is 31.9 Å². The Balaban J connectivity index is 2.99. The van der Waals surface area contributed by atoms with Gasteiger partial charge in [0.1, 0.15) is 0 Å². The molecule has 0 amide bonds. The quantitative estimate of drug-likeness (QED) is 0.554. The summed E-state index contributed by atoms with van der Waals surface area (Å²) >= 11 is 2.65. The minimum atomic E-state index is 0.958. The molecule has 0 atom stereocenters. The monoisotopic (exact) mass is 160 g/mol. The van der Waals surface area contributed by atoms with E-state index in [9.17, 15) is 0 Å². The van der Waals surface area contributed by atoms with Gasteiger partial charge in [-0.15, -0.1) is 0 Å². The van der Waals surface area contributed by atoms with Crippen LogP contribution in [0.25, 0.3) is 0 Å². The zero-order valence-electron chi connectivity index (χ0n) is 5.15. The Hall–Kier alpha value is 0.558. The van der Waals surface area contributed by atoms with Crippen LogP contribution in [0.4, 0.5) is 0 Å². The van der Waals surface area contributed by atoms with E-state index in [0.29, 0.717) is 0 Å². The van der Waals surface area contributed by atoms with Crippen LogP contribution in [-0.4, -0.2) is 16.9 Å². The fraction of sp³-hybridized carbons (Fsp3) is 1.00. The Morgan fingerprint density at radius 2 is 1.71 bits per heavy atom. The second-order valence-electron chi connectivity index (χ2n) is 1.87. The zero-order chi connectivity index (χ0) is 5.70. The Morgan fingerprint density at radius 1 is 1.29 bits per heavy atom. The maximum absolute atomic E-state index is 2.65. The van der Waals surface area contributed by atoms with Crippen molar-refractivity contribution in [3.63, 3.8) is 0 Å². The third-order valence-electron chi connectivity index (χ3n) is 1.41. The van der Waals surface area contributed by atoms with E-state index in [1.54, 1.807) is 0 Å². The third kappa shape index (κ3) is 3.17. The molecule has 0 aromatic heterocycles. The summed E-state index contributed by atoms with van der Waals surface area (Å²) in [5.41, 5.74) is 0. The molecule has 0 aromatic rings. The van der Waals surface area contributed by atoms with E-state index in [1.165, 1.54) is 18.1 Å². The van der Waals surface area contributed by atoms with Crippen LogP contribution in [0.1, 0.15) is 26.7 Å². The van der Waals surface area contributed by atoms with Crippen molar-refractivity contribution in [1.29, 1.82) is 0 Å². The summed E-state index contributed by atoms with van der Waals surface area (Å²) in [7, 11) is 0. The molecule has 0 aliphatic rings. The molecule has 0 aliphatic carbocycles. The average Bonchev–Trinajstić information content (AvgIpc) is 1.72. The summed E-state index contributed by atoms with van der Waals surface area (Å²) < 4.78 is 0. The maximum atomic E-state index is 2.65. The van der Waals surface area contributed by atoms with Crippen molar-refractivity contribution < 1.29 is 0 Å². The Morgan fingerprint density at radius 3 is 1.71 bits per heavy atom. The summed E-state index contributed by atoms with van der Waals surface area (Å²) in [5.74, 6) is 0.958. The molecular weight excluding hydrogens is 147 g/mol. The van der Waals surface area contributed by atoms with Crippen LogP contribution >= 0.6 is 0 Å². The van der Waals surface area contributed by atoms with Crippen molar-refractivity contribution >= 4 is 16.9 Å². The van der Waals surface area contributed by atoms with Gasteiger partial charge in [0.2, 0.25) is 0 Å². The molecule has 0 spiro atoms. The van der Waals surface area contributed by atoms with Gasteiger partial charge in [-0.1, -0.05) is 0 Å². The van der Waals surface area contributed by atoms with Gasteiger partial charge in [0.05, 0.1) is 0 Å². The second kappa shape index (κ2) is 4.71. The van der Waals surface area contributed by atoms with Crippen LogP contribution < -0.4 is 0 Å². The summed E-state index contributed by atoms with van der Waals surface area (Å²) in [4.78, 5) is 0. The van der Waals surface area contributed by atoms with Gasteiger partial charge in [0, 0.05) is 0 Å². The van der Waals surface area contributed by atoms with Crippen LogP contribution in [0, 0.1) is 5.92 Å². The van der Waals surface area contributed by atoms with Gasteiger partial charge < -0.3 is 0 Å². The Bertz CT molecular complexity index is 25.7. The molecule has 0 saturated heterocycles. The van der Waals surface area contributed by atoms with Crippen LogP contribution in [0.3, 0.4) is 0 Å². The molecule has 0 N–H and O–H groups in total. The minimum absolute atomic E-state index is 0.958. The molecule has 0 unspecified atom stereocenters. The van der Waals surface area contributed by atoms with Gasteiger partial charge >= 0.3 is 54.7 Å². The van der Waals surface area contributed by atoms with Crippen LogP contribution in [-0.2, 0) is 0 Å². The summed E-state index contributed by atoms with van der Waals surface area (Å²) in [6.45, 7) is 4.50. The van der Waals surface area contributed by atoms with E-state index in [4.69, 9.17) is 0 Å². The fourth-order valence-corrected chi connectivity index (χ4v) is 1.63. The predicted molar refractivity (Wildman–Crippen MR) is 34.6 cm³/mol. The molecule has 0 bridgehead atoms. The normalized spacial score (nSPS) is 10.3. The average molecular weight is 160 g/mol. The van der Waals surface area contributed by atoms with E-state index in [2.05, 4.69) is 30.7 Å². The van der Waals surface area contributed by atoms with Gasteiger partial charge in [-0.05, 0) is 0 Å². The molecule has 7 heavy (non-hydrogen) atoms. The van der Waals surface area contributed by atoms with Crippen molar-refractivity contribution in [3.8, 4) is 0 Å². The Labute approximate surface area is 55.2 Å². The van der Waals surface area contributed by atoms with E-state index < -0.39 is 0 Å². The molecule has 42 valence electrons. The SMILES string of the molecule is CCC(CC)C[As]. The van der Waals surface area contributed by atoms with Gasteiger partial charge in [-0.2, -0.15) is 0 Å². The molecule has 0 rings (SSSR count). The standard InChI is InChI=1S/C6H13As/c1-3-6(4-2)5-7/h6H,3-5H2,1-2H3. The van der Waals surface area contributed by atoms with E-state index in [-0.39, 0.29) is 0 Å². The first-order valence-electron chi connectivity index (χ1n) is 2.96. The van der Waals surface area contributed by atoms with Crippen molar-refractivity contribution in [1.82, 2.24) is 0 Å². The first kappa shape index (κ1) is 7.56. The van der Waals surface area contributed by atoms with E-state index in [1.807, 2.05) is 0 Å². The first-order valence-corrected chi connectivity index (χ1v) is 4.28. The second-order valence-corrected chi connectivity index (χ2v) is 2.63. The number of hydrogen-bond donors (Lipinski definition) is 0. The van der Waals surface area contributed by atoms with Crippen LogP contribution in [0.5, 0.6) is 0 Å². The topological polar surface area (TPSA) is 0 Å². The van der Waals surface area contributed by atoms with Gasteiger partial charge in [0.25, 0.3) is 0 Å². The third-order valence-corrected chi connectivity index (χ3v) is 2.50. The van der Waals surface area contributed by atoms with Gasteiger partial charge in [-0.3, -0.25) is 0 Å². The predicted octanol–water partition coefficient (Wildman–Crippen LogP) is 2.01. The number of hydrogen-bond acceptors (Lipinski definition) is 0. The molecule has 0 aliphatic heterocycles. The summed E-state index contributed by atoms with van der Waals surface area (Å²) in [6.07, 6.45) is 2.68. The number of rotatable bonds is 3. The molecule has 0 heterocycles. The summed E-state index contributed by atoms with van der Waals surface area (Å²) in [6, 6.07) is 0. The molecule has 0 nitrogen and oxygen atoms in total. The Kier molecular flexibility index (Phi) is 5.09. The van der Waals surface area contributed by atoms with Crippen LogP contribution in [0.2, 0.25) is 5.21 Å². The van der Waals surface area contributed by atoms with E-state index in [0.717, 1.165) is 5.92 Å². The van der Waals surface area contributed by atoms with Crippen molar-refractivity contribution in [3.05, 3.63) is 0 Å². The van der Waals surface area contributed by atoms with E-state index >= 15 is 0 Å². The fourth-order valence-electron chi connectivity index (χ4n) is 0.547. The first-order chi connectivity index (χ1) is 3.35. The molecule has 0 aromatic carbocycles. The van der Waals surface area contributed by atoms with Gasteiger partial charge in [0.15, 0.2) is 0 Å². The molecule has 0 fully saturated rings. The molecule has 1 heteroatoms. The molecule has 2 radical (unpaired) electrons. The van der Waals surface area contributed by atoms with Crippen LogP contribution in [0.15, 0.2) is 0 Å². The zero-order valence-corrected chi connectivity index (χ0v) is 7.02. The molecule has 0 saturated carbocycles.